The predicted octanol–water partition coefficient (Wildman–Crippen LogP) is 2.30. The fourth-order valence-electron chi connectivity index (χ4n) is 0.295. The first kappa shape index (κ1) is 11.1. The lowest BCUT2D eigenvalue weighted by atomic mass is 10.8. The predicted molar refractivity (Wildman–Crippen MR) is 41.3 cm³/mol. The van der Waals surface area contributed by atoms with Gasteiger partial charge < -0.3 is 0 Å². The van der Waals surface area contributed by atoms with Gasteiger partial charge in [-0.05, 0) is 6.92 Å². The van der Waals surface area contributed by atoms with Crippen LogP contribution in [0.3, 0.4) is 0 Å². The molecule has 0 aliphatic rings. The van der Waals surface area contributed by atoms with Crippen molar-refractivity contribution in [2.75, 3.05) is 0 Å². The Morgan fingerprint density at radius 2 is 2.12 bits per heavy atom. The fraction of sp³-hybridized carbons (Fsp3) is 0.250. The van der Waals surface area contributed by atoms with E-state index in [9.17, 15) is 0 Å². The van der Waals surface area contributed by atoms with Crippen LogP contribution in [0.15, 0.2) is 11.6 Å². The Balaban J connectivity index is 0. The highest BCUT2D eigenvalue weighted by molar-refractivity contribution is 7.09. The van der Waals surface area contributed by atoms with E-state index in [-0.39, 0.29) is 24.8 Å². The van der Waals surface area contributed by atoms with Crippen LogP contribution in [0.25, 0.3) is 0 Å². The number of nitrogens with zero attached hydrogens (tertiary/aromatic N) is 1. The molecule has 4 heteroatoms. The van der Waals surface area contributed by atoms with Gasteiger partial charge in [0.1, 0.15) is 0 Å². The molecule has 0 bridgehead atoms. The van der Waals surface area contributed by atoms with E-state index in [0.29, 0.717) is 0 Å². The molecule has 0 aliphatic heterocycles. The summed E-state index contributed by atoms with van der Waals surface area (Å²) in [6, 6.07) is 0. The molecule has 0 saturated carbocycles. The normalized spacial score (nSPS) is 6.62. The third-order valence-electron chi connectivity index (χ3n) is 0.556. The number of thiazole rings is 1. The highest BCUT2D eigenvalue weighted by Gasteiger charge is 1.76. The van der Waals surface area contributed by atoms with Gasteiger partial charge in [-0.2, -0.15) is 0 Å². The molecule has 48 valence electrons. The summed E-state index contributed by atoms with van der Waals surface area (Å²) in [5.74, 6) is 0. The van der Waals surface area contributed by atoms with E-state index in [1.807, 2.05) is 12.3 Å². The topological polar surface area (TPSA) is 12.9 Å². The summed E-state index contributed by atoms with van der Waals surface area (Å²) in [5, 5.41) is 3.10. The van der Waals surface area contributed by atoms with E-state index in [0.717, 1.165) is 5.01 Å². The van der Waals surface area contributed by atoms with Gasteiger partial charge in [-0.3, -0.25) is 4.98 Å². The maximum Gasteiger partial charge on any atom is 0.0893 e. The molecule has 0 radical (unpaired) electrons. The lowest BCUT2D eigenvalue weighted by molar-refractivity contribution is 1.30. The molecule has 1 aromatic rings. The zero-order valence-corrected chi connectivity index (χ0v) is 6.78. The third kappa shape index (κ3) is 3.24. The van der Waals surface area contributed by atoms with Crippen LogP contribution in [0.4, 0.5) is 0 Å². The minimum Gasteiger partial charge on any atom is -0.250 e. The average Bonchev–Trinajstić information content (AvgIpc) is 1.86. The summed E-state index contributed by atoms with van der Waals surface area (Å²) in [4.78, 5) is 3.94. The number of rotatable bonds is 0. The van der Waals surface area contributed by atoms with Crippen LogP contribution >= 0.6 is 36.2 Å². The van der Waals surface area contributed by atoms with Gasteiger partial charge in [0.05, 0.1) is 5.01 Å². The molecule has 0 amide bonds. The van der Waals surface area contributed by atoms with Gasteiger partial charge >= 0.3 is 0 Å². The Kier molecular flexibility index (Phi) is 7.40. The van der Waals surface area contributed by atoms with Gasteiger partial charge in [-0.15, -0.1) is 36.2 Å². The molecule has 0 N–H and O–H groups in total. The smallest absolute Gasteiger partial charge is 0.0893 e. The molecule has 1 aromatic heterocycles. The minimum atomic E-state index is 0. The molecular formula is C4H7Cl2NS. The summed E-state index contributed by atoms with van der Waals surface area (Å²) in [6.45, 7) is 1.99. The Morgan fingerprint density at radius 1 is 1.50 bits per heavy atom. The van der Waals surface area contributed by atoms with Crippen LogP contribution in [-0.4, -0.2) is 4.98 Å². The standard InChI is InChI=1S/C4H5NS.2ClH/c1-4-5-2-3-6-4;;/h2-3H,1H3;2*1H. The molecule has 0 aromatic carbocycles. The van der Waals surface area contributed by atoms with Crippen molar-refractivity contribution in [1.29, 1.82) is 0 Å². The summed E-state index contributed by atoms with van der Waals surface area (Å²) < 4.78 is 0. The Bertz CT molecular complexity index is 118. The second kappa shape index (κ2) is 5.35. The van der Waals surface area contributed by atoms with Crippen molar-refractivity contribution in [3.8, 4) is 0 Å². The first-order chi connectivity index (χ1) is 2.89. The highest BCUT2D eigenvalue weighted by atomic mass is 35.5. The quantitative estimate of drug-likeness (QED) is 0.585. The molecular weight excluding hydrogens is 165 g/mol. The van der Waals surface area contributed by atoms with Gasteiger partial charge in [-0.1, -0.05) is 0 Å². The fourth-order valence-corrected chi connectivity index (χ4v) is 0.735. The average molecular weight is 172 g/mol. The van der Waals surface area contributed by atoms with Crippen LogP contribution in [0, 0.1) is 6.92 Å². The van der Waals surface area contributed by atoms with Gasteiger partial charge in [0, 0.05) is 11.6 Å². The summed E-state index contributed by atoms with van der Waals surface area (Å²) in [6.07, 6.45) is 1.81. The Hall–Kier alpha value is 0.210. The van der Waals surface area contributed by atoms with Gasteiger partial charge in [-0.25, -0.2) is 0 Å². The summed E-state index contributed by atoms with van der Waals surface area (Å²) in [7, 11) is 0. The van der Waals surface area contributed by atoms with Crippen molar-refractivity contribution in [2.45, 2.75) is 6.92 Å². The SMILES string of the molecule is Cc1nccs1.Cl.Cl. The number of hydrogen-bond donors (Lipinski definition) is 0. The maximum atomic E-state index is 3.94. The molecule has 1 heterocycles. The van der Waals surface area contributed by atoms with Crippen LogP contribution < -0.4 is 0 Å². The molecule has 1 nitrogen and oxygen atoms in total. The number of aryl methyl sites for hydroxylation is 1. The largest absolute Gasteiger partial charge is 0.250 e. The molecule has 1 rings (SSSR count). The van der Waals surface area contributed by atoms with E-state index < -0.39 is 0 Å². The molecule has 0 atom stereocenters. The second-order valence-corrected chi connectivity index (χ2v) is 2.15. The van der Waals surface area contributed by atoms with Crippen LogP contribution in [0.1, 0.15) is 5.01 Å². The van der Waals surface area contributed by atoms with Gasteiger partial charge in [0.15, 0.2) is 0 Å². The Labute approximate surface area is 65.0 Å². The molecule has 0 spiro atoms. The second-order valence-electron chi connectivity index (χ2n) is 1.05. The maximum absolute atomic E-state index is 3.94. The number of aromatic nitrogens is 1. The van der Waals surface area contributed by atoms with E-state index in [1.54, 1.807) is 17.5 Å². The van der Waals surface area contributed by atoms with Crippen molar-refractivity contribution >= 4 is 36.2 Å². The van der Waals surface area contributed by atoms with Crippen molar-refractivity contribution < 1.29 is 0 Å². The van der Waals surface area contributed by atoms with E-state index in [4.69, 9.17) is 0 Å². The third-order valence-corrected chi connectivity index (χ3v) is 1.26. The molecule has 0 saturated heterocycles. The van der Waals surface area contributed by atoms with Gasteiger partial charge in [0.25, 0.3) is 0 Å². The van der Waals surface area contributed by atoms with Gasteiger partial charge in [0.2, 0.25) is 0 Å². The van der Waals surface area contributed by atoms with E-state index >= 15 is 0 Å². The Morgan fingerprint density at radius 3 is 2.25 bits per heavy atom. The lowest BCUT2D eigenvalue weighted by Gasteiger charge is -1.65. The summed E-state index contributed by atoms with van der Waals surface area (Å²) in [5.41, 5.74) is 0. The van der Waals surface area contributed by atoms with Crippen LogP contribution in [0.5, 0.6) is 0 Å². The zero-order valence-electron chi connectivity index (χ0n) is 4.33. The molecule has 0 aliphatic carbocycles. The zero-order chi connectivity index (χ0) is 4.41. The lowest BCUT2D eigenvalue weighted by Crippen LogP contribution is -1.56. The van der Waals surface area contributed by atoms with Crippen molar-refractivity contribution in [3.05, 3.63) is 16.6 Å². The molecule has 0 fully saturated rings. The number of halogens is 2. The number of hydrogen-bond acceptors (Lipinski definition) is 2. The van der Waals surface area contributed by atoms with Crippen LogP contribution in [-0.2, 0) is 0 Å². The van der Waals surface area contributed by atoms with Crippen LogP contribution in [0.2, 0.25) is 0 Å². The van der Waals surface area contributed by atoms with Crippen molar-refractivity contribution in [1.82, 2.24) is 4.98 Å². The minimum absolute atomic E-state index is 0. The summed E-state index contributed by atoms with van der Waals surface area (Å²) >= 11 is 1.67. The molecule has 8 heavy (non-hydrogen) atoms. The van der Waals surface area contributed by atoms with E-state index in [1.165, 1.54) is 0 Å². The first-order valence-corrected chi connectivity index (χ1v) is 2.63. The molecule has 0 unspecified atom stereocenters. The van der Waals surface area contributed by atoms with E-state index in [2.05, 4.69) is 4.98 Å². The monoisotopic (exact) mass is 171 g/mol. The van der Waals surface area contributed by atoms with Crippen molar-refractivity contribution in [3.63, 3.8) is 0 Å². The highest BCUT2D eigenvalue weighted by Crippen LogP contribution is 1.98. The van der Waals surface area contributed by atoms with Crippen molar-refractivity contribution in [2.24, 2.45) is 0 Å². The first-order valence-electron chi connectivity index (χ1n) is 1.75.